The maximum Gasteiger partial charge on any atom is 0.224 e. The van der Waals surface area contributed by atoms with Gasteiger partial charge in [0.25, 0.3) is 0 Å². The van der Waals surface area contributed by atoms with Crippen LogP contribution < -0.4 is 9.47 Å². The molecule has 9 nitrogen and oxygen atoms in total. The summed E-state index contributed by atoms with van der Waals surface area (Å²) in [5.41, 5.74) is 2.33. The minimum absolute atomic E-state index is 0.0880. The van der Waals surface area contributed by atoms with Gasteiger partial charge in [-0.05, 0) is 37.1 Å². The summed E-state index contributed by atoms with van der Waals surface area (Å²) in [7, 11) is -0.583. The van der Waals surface area contributed by atoms with E-state index >= 15 is 0 Å². The van der Waals surface area contributed by atoms with Gasteiger partial charge in [-0.3, -0.25) is 9.99 Å². The molecule has 3 heterocycles. The summed E-state index contributed by atoms with van der Waals surface area (Å²) >= 11 is 0. The maximum absolute atomic E-state index is 13.9. The van der Waals surface area contributed by atoms with E-state index in [4.69, 9.17) is 14.6 Å². The van der Waals surface area contributed by atoms with Crippen LogP contribution in [0.2, 0.25) is 0 Å². The van der Waals surface area contributed by atoms with E-state index in [0.717, 1.165) is 22.9 Å². The van der Waals surface area contributed by atoms with Crippen LogP contribution in [0.25, 0.3) is 10.9 Å². The number of pyridine rings is 1. The van der Waals surface area contributed by atoms with Gasteiger partial charge >= 0.3 is 0 Å². The Morgan fingerprint density at radius 1 is 1.05 bits per heavy atom. The molecule has 1 fully saturated rings. The molecule has 0 amide bonds. The van der Waals surface area contributed by atoms with E-state index in [0.29, 0.717) is 48.5 Å². The van der Waals surface area contributed by atoms with Gasteiger partial charge in [0.15, 0.2) is 11.5 Å². The van der Waals surface area contributed by atoms with Crippen molar-refractivity contribution in [2.75, 3.05) is 27.3 Å². The summed E-state index contributed by atoms with van der Waals surface area (Å²) in [5, 5.41) is 6.81. The van der Waals surface area contributed by atoms with Crippen LogP contribution >= 0.6 is 0 Å². The predicted octanol–water partition coefficient (Wildman–Crippen LogP) is 4.59. The first-order valence-corrected chi connectivity index (χ1v) is 15.2. The lowest BCUT2D eigenvalue weighted by Crippen LogP contribution is -2.50. The number of aldehydes is 1. The van der Waals surface area contributed by atoms with Crippen molar-refractivity contribution in [3.63, 3.8) is 0 Å². The van der Waals surface area contributed by atoms with Gasteiger partial charge in [-0.2, -0.15) is 5.10 Å². The second kappa shape index (κ2) is 11.3. The lowest BCUT2D eigenvalue weighted by atomic mass is 9.78. The summed E-state index contributed by atoms with van der Waals surface area (Å²) in [6.07, 6.45) is 5.18. The van der Waals surface area contributed by atoms with Crippen molar-refractivity contribution >= 4 is 32.9 Å². The van der Waals surface area contributed by atoms with Gasteiger partial charge in [0, 0.05) is 41.2 Å². The topological polar surface area (TPSA) is 101 Å². The van der Waals surface area contributed by atoms with Crippen molar-refractivity contribution in [2.45, 2.75) is 44.0 Å². The molecule has 2 aliphatic heterocycles. The number of nitrogens with zero attached hydrogens (tertiary/aromatic N) is 4. The van der Waals surface area contributed by atoms with Crippen LogP contribution in [0.15, 0.2) is 72.5 Å². The zero-order chi connectivity index (χ0) is 29.4. The number of hydrogen-bond donors (Lipinski definition) is 0. The van der Waals surface area contributed by atoms with Crippen LogP contribution in [-0.4, -0.2) is 74.1 Å². The molecule has 0 saturated carbocycles. The molecule has 2 aliphatic rings. The number of sulfonamides is 1. The fourth-order valence-electron chi connectivity index (χ4n) is 6.02. The number of para-hydroxylation sites is 1. The van der Waals surface area contributed by atoms with Crippen LogP contribution in [0.1, 0.15) is 43.1 Å². The normalized spacial score (nSPS) is 20.4. The molecule has 0 N–H and O–H groups in total. The number of rotatable bonds is 9. The standard InChI is InChI=1S/C31H36N4O5S/c1-6-27(24-11-7-9-21-10-8-16-32-29(21)24)41(37,38)34-17-14-23(15-18-34)35-28(20-36)31(2,3)30(33-35)22-12-13-25(39-4)26(19-22)40-5/h6-13,16,19-20,23,27-28H,1,14-15,17-18H2,2-5H3. The molecule has 0 bridgehead atoms. The highest BCUT2D eigenvalue weighted by Gasteiger charge is 2.48. The number of hydrazone groups is 1. The summed E-state index contributed by atoms with van der Waals surface area (Å²) < 4.78 is 40.1. The summed E-state index contributed by atoms with van der Waals surface area (Å²) in [6, 6.07) is 14.4. The third-order valence-corrected chi connectivity index (χ3v) is 10.5. The zero-order valence-corrected chi connectivity index (χ0v) is 24.7. The largest absolute Gasteiger partial charge is 0.493 e. The van der Waals surface area contributed by atoms with Crippen molar-refractivity contribution in [1.82, 2.24) is 14.3 Å². The smallest absolute Gasteiger partial charge is 0.224 e. The quantitative estimate of drug-likeness (QED) is 0.271. The molecular weight excluding hydrogens is 540 g/mol. The molecule has 0 spiro atoms. The fraction of sp³-hybridized carbons (Fsp3) is 0.387. The third kappa shape index (κ3) is 4.99. The molecule has 10 heteroatoms. The number of fused-ring (bicyclic) bond motifs is 1. The van der Waals surface area contributed by atoms with Gasteiger partial charge < -0.3 is 14.3 Å². The van der Waals surface area contributed by atoms with Crippen molar-refractivity contribution in [2.24, 2.45) is 10.5 Å². The fourth-order valence-corrected chi connectivity index (χ4v) is 7.82. The molecule has 3 aromatic rings. The maximum atomic E-state index is 13.9. The molecule has 1 saturated heterocycles. The molecule has 0 aliphatic carbocycles. The number of hydrogen-bond acceptors (Lipinski definition) is 8. The Kier molecular flexibility index (Phi) is 7.89. The zero-order valence-electron chi connectivity index (χ0n) is 23.9. The average Bonchev–Trinajstić information content (AvgIpc) is 3.26. The molecule has 0 radical (unpaired) electrons. The number of ether oxygens (including phenoxy) is 2. The number of carbonyl (C=O) groups excluding carboxylic acids is 1. The minimum atomic E-state index is -3.75. The van der Waals surface area contributed by atoms with Gasteiger partial charge in [-0.1, -0.05) is 44.2 Å². The van der Waals surface area contributed by atoms with Crippen LogP contribution in [-0.2, 0) is 14.8 Å². The first-order valence-electron chi connectivity index (χ1n) is 13.7. The van der Waals surface area contributed by atoms with Crippen molar-refractivity contribution in [3.8, 4) is 11.5 Å². The van der Waals surface area contributed by atoms with Crippen LogP contribution in [0.4, 0.5) is 0 Å². The Morgan fingerprint density at radius 3 is 2.41 bits per heavy atom. The second-order valence-electron chi connectivity index (χ2n) is 11.0. The highest BCUT2D eigenvalue weighted by molar-refractivity contribution is 7.89. The molecule has 2 atom stereocenters. The molecule has 216 valence electrons. The number of benzene rings is 2. The van der Waals surface area contributed by atoms with Gasteiger partial charge in [0.05, 0.1) is 31.5 Å². The van der Waals surface area contributed by atoms with Gasteiger partial charge in [0.1, 0.15) is 17.6 Å². The number of piperidine rings is 1. The van der Waals surface area contributed by atoms with Crippen LogP contribution in [0.5, 0.6) is 11.5 Å². The monoisotopic (exact) mass is 576 g/mol. The van der Waals surface area contributed by atoms with Gasteiger partial charge in [-0.15, -0.1) is 6.58 Å². The Morgan fingerprint density at radius 2 is 1.76 bits per heavy atom. The molecule has 2 unspecified atom stereocenters. The SMILES string of the molecule is C=CC(c1cccc2cccnc12)S(=O)(=O)N1CCC(N2N=C(c3ccc(OC)c(OC)c3)C(C)(C)C2C=O)CC1. The predicted molar refractivity (Wildman–Crippen MR) is 160 cm³/mol. The van der Waals surface area contributed by atoms with Crippen LogP contribution in [0.3, 0.4) is 0 Å². The lowest BCUT2D eigenvalue weighted by Gasteiger charge is -2.39. The molecular formula is C31H36N4O5S. The van der Waals surface area contributed by atoms with Gasteiger partial charge in [-0.25, -0.2) is 12.7 Å². The first-order chi connectivity index (χ1) is 19.7. The van der Waals surface area contributed by atoms with E-state index in [9.17, 15) is 13.2 Å². The Bertz CT molecular complexity index is 1590. The Balaban J connectivity index is 1.38. The highest BCUT2D eigenvalue weighted by Crippen LogP contribution is 2.41. The van der Waals surface area contributed by atoms with E-state index in [1.165, 1.54) is 10.4 Å². The summed E-state index contributed by atoms with van der Waals surface area (Å²) in [4.78, 5) is 16.9. The van der Waals surface area contributed by atoms with Crippen molar-refractivity contribution in [1.29, 1.82) is 0 Å². The first kappa shape index (κ1) is 28.8. The van der Waals surface area contributed by atoms with E-state index in [1.807, 2.05) is 61.3 Å². The Labute approximate surface area is 241 Å². The number of methoxy groups -OCH3 is 2. The second-order valence-corrected chi connectivity index (χ2v) is 13.0. The third-order valence-electron chi connectivity index (χ3n) is 8.30. The highest BCUT2D eigenvalue weighted by atomic mass is 32.2. The van der Waals surface area contributed by atoms with Crippen molar-refractivity contribution < 1.29 is 22.7 Å². The summed E-state index contributed by atoms with van der Waals surface area (Å²) in [5.74, 6) is 1.20. The van der Waals surface area contributed by atoms with E-state index in [2.05, 4.69) is 11.6 Å². The lowest BCUT2D eigenvalue weighted by molar-refractivity contribution is -0.115. The summed E-state index contributed by atoms with van der Waals surface area (Å²) in [6.45, 7) is 8.52. The van der Waals surface area contributed by atoms with E-state index in [1.54, 1.807) is 26.5 Å². The minimum Gasteiger partial charge on any atom is -0.493 e. The van der Waals surface area contributed by atoms with E-state index in [-0.39, 0.29) is 6.04 Å². The molecule has 41 heavy (non-hydrogen) atoms. The molecule has 2 aromatic carbocycles. The average molecular weight is 577 g/mol. The van der Waals surface area contributed by atoms with E-state index < -0.39 is 26.7 Å². The molecule has 1 aromatic heterocycles. The Hall–Kier alpha value is -3.76. The van der Waals surface area contributed by atoms with Crippen molar-refractivity contribution in [3.05, 3.63) is 78.5 Å². The number of aromatic nitrogens is 1. The number of carbonyl (C=O) groups is 1. The van der Waals surface area contributed by atoms with Crippen LogP contribution in [0, 0.1) is 5.41 Å². The molecule has 5 rings (SSSR count). The van der Waals surface area contributed by atoms with Gasteiger partial charge in [0.2, 0.25) is 10.0 Å².